The van der Waals surface area contributed by atoms with Crippen molar-refractivity contribution in [1.29, 1.82) is 0 Å². The third kappa shape index (κ3) is 6.58. The van der Waals surface area contributed by atoms with Gasteiger partial charge in [-0.1, -0.05) is 220 Å². The maximum atomic E-state index is 2.44. The minimum absolute atomic E-state index is 0.442. The molecule has 288 valence electrons. The van der Waals surface area contributed by atoms with Gasteiger partial charge in [0.15, 0.2) is 0 Å². The lowest BCUT2D eigenvalue weighted by Gasteiger charge is -2.21. The molecule has 61 heavy (non-hydrogen) atoms. The first-order valence-corrected chi connectivity index (χ1v) is 21.4. The normalized spacial score (nSPS) is 11.6. The summed E-state index contributed by atoms with van der Waals surface area (Å²) in [7, 11) is 0. The molecular formula is C61H44. The van der Waals surface area contributed by atoms with Crippen molar-refractivity contribution in [3.05, 3.63) is 230 Å². The first kappa shape index (κ1) is 36.5. The van der Waals surface area contributed by atoms with Crippen molar-refractivity contribution in [2.24, 2.45) is 0 Å². The highest BCUT2D eigenvalue weighted by Crippen LogP contribution is 2.48. The van der Waals surface area contributed by atoms with Crippen LogP contribution in [0.3, 0.4) is 0 Å². The highest BCUT2D eigenvalue weighted by molar-refractivity contribution is 6.23. The average Bonchev–Trinajstić information content (AvgIpc) is 3.33. The Hall–Kier alpha value is -7.54. The molecule has 0 aliphatic rings. The van der Waals surface area contributed by atoms with Crippen LogP contribution in [0.2, 0.25) is 0 Å². The van der Waals surface area contributed by atoms with Gasteiger partial charge in [-0.15, -0.1) is 0 Å². The Balaban J connectivity index is 1.09. The topological polar surface area (TPSA) is 0 Å². The maximum Gasteiger partial charge on any atom is -0.00199 e. The Morgan fingerprint density at radius 2 is 0.721 bits per heavy atom. The van der Waals surface area contributed by atoms with Gasteiger partial charge in [0.05, 0.1) is 0 Å². The van der Waals surface area contributed by atoms with Gasteiger partial charge in [0.2, 0.25) is 0 Å². The monoisotopic (exact) mass is 776 g/mol. The van der Waals surface area contributed by atoms with E-state index in [0.29, 0.717) is 5.92 Å². The second kappa shape index (κ2) is 15.2. The molecule has 0 nitrogen and oxygen atoms in total. The summed E-state index contributed by atoms with van der Waals surface area (Å²) in [6.07, 6.45) is 0. The summed E-state index contributed by atoms with van der Waals surface area (Å²) >= 11 is 0. The predicted molar refractivity (Wildman–Crippen MR) is 263 cm³/mol. The van der Waals surface area contributed by atoms with Gasteiger partial charge in [-0.05, 0) is 140 Å². The Kier molecular flexibility index (Phi) is 9.13. The minimum atomic E-state index is 0.442. The van der Waals surface area contributed by atoms with E-state index in [9.17, 15) is 0 Å². The van der Waals surface area contributed by atoms with Crippen molar-refractivity contribution < 1.29 is 0 Å². The average molecular weight is 777 g/mol. The van der Waals surface area contributed by atoms with E-state index < -0.39 is 0 Å². The smallest absolute Gasteiger partial charge is 0.00199 e. The van der Waals surface area contributed by atoms with Crippen LogP contribution < -0.4 is 0 Å². The van der Waals surface area contributed by atoms with E-state index in [1.165, 1.54) is 115 Å². The van der Waals surface area contributed by atoms with Crippen LogP contribution in [0.5, 0.6) is 0 Å². The first-order chi connectivity index (χ1) is 30.1. The zero-order valence-corrected chi connectivity index (χ0v) is 34.4. The summed E-state index contributed by atoms with van der Waals surface area (Å²) in [6.45, 7) is 4.55. The second-order valence-electron chi connectivity index (χ2n) is 16.6. The Morgan fingerprint density at radius 3 is 1.41 bits per heavy atom. The number of rotatable bonds is 7. The fraction of sp³-hybridized carbons (Fsp3) is 0.0492. The molecule has 0 unspecified atom stereocenters. The fourth-order valence-electron chi connectivity index (χ4n) is 9.51. The van der Waals surface area contributed by atoms with Crippen LogP contribution in [0, 0.1) is 0 Å². The molecule has 0 aliphatic heterocycles. The van der Waals surface area contributed by atoms with Crippen LogP contribution in [-0.2, 0) is 0 Å². The van der Waals surface area contributed by atoms with Gasteiger partial charge in [0, 0.05) is 0 Å². The molecule has 0 fully saturated rings. The van der Waals surface area contributed by atoms with Gasteiger partial charge in [0.25, 0.3) is 0 Å². The molecule has 0 radical (unpaired) electrons. The molecule has 0 atom stereocenters. The molecule has 11 aromatic carbocycles. The van der Waals surface area contributed by atoms with E-state index in [2.05, 4.69) is 238 Å². The largest absolute Gasteiger partial charge is 0.0616 e. The first-order valence-electron chi connectivity index (χ1n) is 21.4. The summed E-state index contributed by atoms with van der Waals surface area (Å²) < 4.78 is 0. The van der Waals surface area contributed by atoms with Crippen molar-refractivity contribution in [1.82, 2.24) is 0 Å². The number of hydrogen-bond donors (Lipinski definition) is 0. The minimum Gasteiger partial charge on any atom is -0.0616 e. The molecule has 0 heteroatoms. The van der Waals surface area contributed by atoms with Crippen LogP contribution >= 0.6 is 0 Å². The Labute approximate surface area is 358 Å². The summed E-state index contributed by atoms with van der Waals surface area (Å²) in [6, 6.07) is 83.2. The van der Waals surface area contributed by atoms with Crippen molar-refractivity contribution in [2.75, 3.05) is 0 Å². The molecule has 11 aromatic rings. The quantitative estimate of drug-likeness (QED) is 0.141. The molecule has 0 aliphatic carbocycles. The van der Waals surface area contributed by atoms with Crippen LogP contribution in [0.1, 0.15) is 25.3 Å². The van der Waals surface area contributed by atoms with E-state index >= 15 is 0 Å². The second-order valence-corrected chi connectivity index (χ2v) is 16.6. The highest BCUT2D eigenvalue weighted by Gasteiger charge is 2.21. The van der Waals surface area contributed by atoms with Crippen LogP contribution in [0.4, 0.5) is 0 Å². The molecule has 0 amide bonds. The molecule has 0 saturated carbocycles. The number of fused-ring (bicyclic) bond motifs is 4. The molecule has 0 bridgehead atoms. The zero-order valence-electron chi connectivity index (χ0n) is 34.4. The molecular weight excluding hydrogens is 733 g/mol. The van der Waals surface area contributed by atoms with Gasteiger partial charge in [-0.25, -0.2) is 0 Å². The maximum absolute atomic E-state index is 2.44. The summed E-state index contributed by atoms with van der Waals surface area (Å²) in [4.78, 5) is 0. The van der Waals surface area contributed by atoms with Crippen molar-refractivity contribution in [3.8, 4) is 66.8 Å². The number of hydrogen-bond acceptors (Lipinski definition) is 0. The summed E-state index contributed by atoms with van der Waals surface area (Å²) in [5.41, 5.74) is 16.1. The van der Waals surface area contributed by atoms with Gasteiger partial charge >= 0.3 is 0 Å². The van der Waals surface area contributed by atoms with Gasteiger partial charge in [0.1, 0.15) is 0 Å². The SMILES string of the molecule is CC(C)c1cccc(-c2c3ccccc3c(-c3cc(-c4ccc(-c5cccc(-c6ccc7ccccc7c6)c5)cc4)ccc3-c3cccc4ccccc34)c3ccccc23)c1. The van der Waals surface area contributed by atoms with Crippen molar-refractivity contribution in [2.45, 2.75) is 19.8 Å². The molecule has 0 N–H and O–H groups in total. The van der Waals surface area contributed by atoms with Crippen molar-refractivity contribution in [3.63, 3.8) is 0 Å². The lowest BCUT2D eigenvalue weighted by Crippen LogP contribution is -1.95. The van der Waals surface area contributed by atoms with E-state index in [1.54, 1.807) is 0 Å². The van der Waals surface area contributed by atoms with Crippen LogP contribution in [0.15, 0.2) is 224 Å². The zero-order chi connectivity index (χ0) is 40.9. The van der Waals surface area contributed by atoms with Crippen LogP contribution in [0.25, 0.3) is 110 Å². The van der Waals surface area contributed by atoms with Gasteiger partial charge in [-0.2, -0.15) is 0 Å². The molecule has 0 heterocycles. The molecule has 0 aromatic heterocycles. The molecule has 0 spiro atoms. The third-order valence-electron chi connectivity index (χ3n) is 12.6. The van der Waals surface area contributed by atoms with Gasteiger partial charge < -0.3 is 0 Å². The molecule has 0 saturated heterocycles. The van der Waals surface area contributed by atoms with Crippen LogP contribution in [-0.4, -0.2) is 0 Å². The van der Waals surface area contributed by atoms with E-state index in [1.807, 2.05) is 0 Å². The highest BCUT2D eigenvalue weighted by atomic mass is 14.2. The predicted octanol–water partition coefficient (Wildman–Crippen LogP) is 17.4. The fourth-order valence-corrected chi connectivity index (χ4v) is 9.51. The van der Waals surface area contributed by atoms with E-state index in [-0.39, 0.29) is 0 Å². The molecule has 11 rings (SSSR count). The Bertz CT molecular complexity index is 3380. The van der Waals surface area contributed by atoms with Crippen molar-refractivity contribution >= 4 is 43.1 Å². The number of benzene rings is 11. The van der Waals surface area contributed by atoms with E-state index in [0.717, 1.165) is 0 Å². The standard InChI is InChI=1S/C61H44/c1-40(2)45-18-11-21-51(36-45)60-55-23-7-9-25-57(55)61(58-26-10-8-24-56(58)60)59-39-50(34-35-54(59)53-27-13-17-44-15-5-6-22-52(44)53)43-30-28-42(29-31-43)47-19-12-20-48(37-47)49-33-32-41-14-3-4-16-46(41)38-49/h3-40H,1-2H3. The van der Waals surface area contributed by atoms with Gasteiger partial charge in [-0.3, -0.25) is 0 Å². The summed E-state index contributed by atoms with van der Waals surface area (Å²) in [5.74, 6) is 0.442. The lowest BCUT2D eigenvalue weighted by molar-refractivity contribution is 0.867. The third-order valence-corrected chi connectivity index (χ3v) is 12.6. The Morgan fingerprint density at radius 1 is 0.246 bits per heavy atom. The summed E-state index contributed by atoms with van der Waals surface area (Å²) in [5, 5.41) is 10.1. The van der Waals surface area contributed by atoms with E-state index in [4.69, 9.17) is 0 Å². The lowest BCUT2D eigenvalue weighted by atomic mass is 9.82.